The Morgan fingerprint density at radius 1 is 1.35 bits per heavy atom. The summed E-state index contributed by atoms with van der Waals surface area (Å²) in [7, 11) is 1.38. The summed E-state index contributed by atoms with van der Waals surface area (Å²) in [5.74, 6) is -6.78. The van der Waals surface area contributed by atoms with Gasteiger partial charge in [-0.3, -0.25) is 9.59 Å². The van der Waals surface area contributed by atoms with Gasteiger partial charge in [0.25, 0.3) is 0 Å². The lowest BCUT2D eigenvalue weighted by atomic mass is 9.70. The number of rotatable bonds is 1. The van der Waals surface area contributed by atoms with Crippen LogP contribution in [0.2, 0.25) is 0 Å². The molecule has 3 rings (SSSR count). The van der Waals surface area contributed by atoms with Gasteiger partial charge in [0.1, 0.15) is 11.4 Å². The Bertz CT molecular complexity index is 626. The largest absolute Gasteiger partial charge is 0.497 e. The van der Waals surface area contributed by atoms with Crippen molar-refractivity contribution in [3.63, 3.8) is 0 Å². The molecule has 2 unspecified atom stereocenters. The maximum absolute atomic E-state index is 14.3. The molecule has 0 bridgehead atoms. The predicted molar refractivity (Wildman–Crippen MR) is 63.8 cm³/mol. The Morgan fingerprint density at radius 2 is 2.05 bits per heavy atom. The van der Waals surface area contributed by atoms with Crippen LogP contribution in [-0.4, -0.2) is 24.8 Å². The number of alkyl halides is 2. The topological polar surface area (TPSA) is 52.6 Å². The molecule has 0 N–H and O–H groups in total. The third-order valence-electron chi connectivity index (χ3n) is 4.11. The van der Waals surface area contributed by atoms with Gasteiger partial charge in [-0.05, 0) is 19.1 Å². The first-order valence-electron chi connectivity index (χ1n) is 6.13. The zero-order valence-electron chi connectivity index (χ0n) is 10.9. The van der Waals surface area contributed by atoms with Gasteiger partial charge < -0.3 is 9.47 Å². The summed E-state index contributed by atoms with van der Waals surface area (Å²) in [6.07, 6.45) is -0.458. The normalized spacial score (nSPS) is 30.5. The van der Waals surface area contributed by atoms with Gasteiger partial charge in [-0.25, -0.2) is 0 Å². The molecule has 0 spiro atoms. The Kier molecular flexibility index (Phi) is 2.46. The molecular formula is C14H12F2O4. The number of benzene rings is 1. The second-order valence-corrected chi connectivity index (χ2v) is 5.20. The predicted octanol–water partition coefficient (Wildman–Crippen LogP) is 2.31. The van der Waals surface area contributed by atoms with E-state index in [2.05, 4.69) is 0 Å². The van der Waals surface area contributed by atoms with Crippen LogP contribution in [0.3, 0.4) is 0 Å². The number of Topliss-reactive ketones (excluding diaryl/α,β-unsaturated/α-hetero) is 1. The molecule has 1 aromatic rings. The van der Waals surface area contributed by atoms with E-state index in [-0.39, 0.29) is 5.56 Å². The fourth-order valence-corrected chi connectivity index (χ4v) is 3.04. The molecular weight excluding hydrogens is 270 g/mol. The van der Waals surface area contributed by atoms with Gasteiger partial charge in [0, 0.05) is 11.1 Å². The lowest BCUT2D eigenvalue weighted by molar-refractivity contribution is -0.153. The van der Waals surface area contributed by atoms with Crippen LogP contribution in [-0.2, 0) is 15.1 Å². The van der Waals surface area contributed by atoms with Crippen molar-refractivity contribution < 1.29 is 27.8 Å². The molecule has 0 saturated carbocycles. The standard InChI is InChI=1S/C14H12F2O4/c1-13-9-4-3-7(19-2)5-8(9)12(18)14(15,16)10(13)6-11(17)20-13/h3-5,10H,6H2,1-2H3. The molecule has 20 heavy (non-hydrogen) atoms. The highest BCUT2D eigenvalue weighted by Gasteiger charge is 2.66. The first kappa shape index (κ1) is 13.0. The minimum absolute atomic E-state index is 0.150. The first-order valence-corrected chi connectivity index (χ1v) is 6.13. The van der Waals surface area contributed by atoms with E-state index in [4.69, 9.17) is 9.47 Å². The quantitative estimate of drug-likeness (QED) is 0.742. The maximum atomic E-state index is 14.3. The molecule has 1 aromatic carbocycles. The lowest BCUT2D eigenvalue weighted by Crippen LogP contribution is -2.51. The molecule has 1 aliphatic heterocycles. The van der Waals surface area contributed by atoms with E-state index in [0.29, 0.717) is 11.3 Å². The van der Waals surface area contributed by atoms with Gasteiger partial charge in [0.2, 0.25) is 5.78 Å². The van der Waals surface area contributed by atoms with Crippen molar-refractivity contribution in [1.29, 1.82) is 0 Å². The Morgan fingerprint density at radius 3 is 2.70 bits per heavy atom. The molecule has 1 fully saturated rings. The van der Waals surface area contributed by atoms with Crippen molar-refractivity contribution >= 4 is 11.8 Å². The van der Waals surface area contributed by atoms with Crippen LogP contribution in [0.4, 0.5) is 8.78 Å². The third-order valence-corrected chi connectivity index (χ3v) is 4.11. The van der Waals surface area contributed by atoms with Gasteiger partial charge in [0.05, 0.1) is 19.4 Å². The van der Waals surface area contributed by atoms with E-state index in [1.165, 1.54) is 26.2 Å². The van der Waals surface area contributed by atoms with Crippen LogP contribution in [0, 0.1) is 5.92 Å². The van der Waals surface area contributed by atoms with Gasteiger partial charge in [-0.15, -0.1) is 0 Å². The van der Waals surface area contributed by atoms with Crippen molar-refractivity contribution in [2.45, 2.75) is 24.9 Å². The number of halogens is 2. The van der Waals surface area contributed by atoms with E-state index in [1.54, 1.807) is 6.07 Å². The van der Waals surface area contributed by atoms with E-state index in [0.717, 1.165) is 0 Å². The smallest absolute Gasteiger partial charge is 0.317 e. The third kappa shape index (κ3) is 1.44. The summed E-state index contributed by atoms with van der Waals surface area (Å²) in [5.41, 5.74) is -1.32. The summed E-state index contributed by atoms with van der Waals surface area (Å²) in [6.45, 7) is 1.42. The Balaban J connectivity index is 2.27. The maximum Gasteiger partial charge on any atom is 0.317 e. The van der Waals surface area contributed by atoms with Crippen LogP contribution in [0.15, 0.2) is 18.2 Å². The molecule has 106 valence electrons. The first-order chi connectivity index (χ1) is 9.30. The molecule has 0 amide bonds. The molecule has 1 aliphatic carbocycles. The second-order valence-electron chi connectivity index (χ2n) is 5.20. The van der Waals surface area contributed by atoms with E-state index in [9.17, 15) is 18.4 Å². The average molecular weight is 282 g/mol. The monoisotopic (exact) mass is 282 g/mol. The number of esters is 1. The summed E-state index contributed by atoms with van der Waals surface area (Å²) in [5, 5.41) is 0. The SMILES string of the molecule is COc1ccc2c(c1)C(=O)C(F)(F)C1CC(=O)OC21C. The average Bonchev–Trinajstić information content (AvgIpc) is 2.73. The molecule has 6 heteroatoms. The van der Waals surface area contributed by atoms with Crippen LogP contribution in [0.5, 0.6) is 5.75 Å². The number of hydrogen-bond acceptors (Lipinski definition) is 4. The van der Waals surface area contributed by atoms with E-state index >= 15 is 0 Å². The van der Waals surface area contributed by atoms with Crippen LogP contribution >= 0.6 is 0 Å². The van der Waals surface area contributed by atoms with Gasteiger partial charge in [0.15, 0.2) is 0 Å². The molecule has 0 aromatic heterocycles. The number of hydrogen-bond donors (Lipinski definition) is 0. The van der Waals surface area contributed by atoms with Gasteiger partial charge in [-0.1, -0.05) is 6.07 Å². The van der Waals surface area contributed by atoms with Crippen molar-refractivity contribution in [1.82, 2.24) is 0 Å². The summed E-state index contributed by atoms with van der Waals surface area (Å²) < 4.78 is 38.6. The molecule has 2 atom stereocenters. The highest BCUT2D eigenvalue weighted by Crippen LogP contribution is 2.54. The Labute approximate surface area is 113 Å². The van der Waals surface area contributed by atoms with E-state index in [1.807, 2.05) is 0 Å². The molecule has 1 heterocycles. The molecule has 2 aliphatic rings. The highest BCUT2D eigenvalue weighted by atomic mass is 19.3. The summed E-state index contributed by atoms with van der Waals surface area (Å²) >= 11 is 0. The van der Waals surface area contributed by atoms with Crippen molar-refractivity contribution in [3.05, 3.63) is 29.3 Å². The van der Waals surface area contributed by atoms with Crippen LogP contribution in [0.1, 0.15) is 29.3 Å². The number of methoxy groups -OCH3 is 1. The second kappa shape index (κ2) is 3.77. The van der Waals surface area contributed by atoms with Crippen LogP contribution in [0.25, 0.3) is 0 Å². The molecule has 0 radical (unpaired) electrons. The van der Waals surface area contributed by atoms with Crippen molar-refractivity contribution in [2.24, 2.45) is 5.92 Å². The van der Waals surface area contributed by atoms with Gasteiger partial charge >= 0.3 is 11.9 Å². The van der Waals surface area contributed by atoms with Crippen molar-refractivity contribution in [3.8, 4) is 5.75 Å². The number of ether oxygens (including phenoxy) is 2. The minimum Gasteiger partial charge on any atom is -0.497 e. The zero-order valence-corrected chi connectivity index (χ0v) is 10.9. The fraction of sp³-hybridized carbons (Fsp3) is 0.429. The fourth-order valence-electron chi connectivity index (χ4n) is 3.04. The Hall–Kier alpha value is -1.98. The van der Waals surface area contributed by atoms with E-state index < -0.39 is 35.6 Å². The highest BCUT2D eigenvalue weighted by molar-refractivity contribution is 6.05. The molecule has 4 nitrogen and oxygen atoms in total. The lowest BCUT2D eigenvalue weighted by Gasteiger charge is -2.39. The summed E-state index contributed by atoms with van der Waals surface area (Å²) in [4.78, 5) is 23.5. The number of ketones is 1. The van der Waals surface area contributed by atoms with Crippen LogP contribution < -0.4 is 4.74 Å². The summed E-state index contributed by atoms with van der Waals surface area (Å²) in [6, 6.07) is 4.33. The van der Waals surface area contributed by atoms with Gasteiger partial charge in [-0.2, -0.15) is 8.78 Å². The number of fused-ring (bicyclic) bond motifs is 3. The number of carbonyl (C=O) groups excluding carboxylic acids is 2. The molecule has 1 saturated heterocycles. The van der Waals surface area contributed by atoms with Crippen molar-refractivity contribution in [2.75, 3.05) is 7.11 Å². The number of carbonyl (C=O) groups is 2. The minimum atomic E-state index is -3.62. The zero-order chi connectivity index (χ0) is 14.7.